The molecule has 0 atom stereocenters. The zero-order chi connectivity index (χ0) is 3.58. The van der Waals surface area contributed by atoms with Crippen molar-refractivity contribution in [1.82, 2.24) is 0 Å². The summed E-state index contributed by atoms with van der Waals surface area (Å²) in [5, 5.41) is 16.7. The van der Waals surface area contributed by atoms with E-state index < -0.39 is 6.16 Å². The van der Waals surface area contributed by atoms with Gasteiger partial charge in [-0.25, -0.2) is 0 Å². The van der Waals surface area contributed by atoms with Crippen LogP contribution in [0.4, 0.5) is 4.79 Å². The Labute approximate surface area is 126 Å². The van der Waals surface area contributed by atoms with E-state index in [9.17, 15) is 0 Å². The van der Waals surface area contributed by atoms with Gasteiger partial charge in [0, 0.05) is 0 Å². The normalized spacial score (nSPS) is 2.67. The van der Waals surface area contributed by atoms with Crippen molar-refractivity contribution >= 4 is 29.2 Å². The van der Waals surface area contributed by atoms with E-state index in [1.165, 1.54) is 0 Å². The molecule has 0 spiro atoms. The molecule has 0 amide bonds. The third kappa shape index (κ3) is 115. The number of hydrogen-bond acceptors (Lipinski definition) is 3. The zero-order valence-electron chi connectivity index (χ0n) is 5.19. The second-order valence-corrected chi connectivity index (χ2v) is 0.250. The molecular formula is CCl2MgNa2O3. The monoisotopic (exact) mass is 200 g/mol. The van der Waals surface area contributed by atoms with Crippen molar-refractivity contribution in [3.8, 4) is 0 Å². The van der Waals surface area contributed by atoms with Crippen LogP contribution in [-0.4, -0.2) is 29.2 Å². The molecule has 0 bridgehead atoms. The predicted molar refractivity (Wildman–Crippen MR) is 11.1 cm³/mol. The van der Waals surface area contributed by atoms with Crippen LogP contribution in [0.1, 0.15) is 0 Å². The molecule has 0 saturated heterocycles. The number of carbonyl (C=O) groups excluding carboxylic acids is 1. The number of hydrogen-bond donors (Lipinski definition) is 0. The van der Waals surface area contributed by atoms with Gasteiger partial charge in [0.2, 0.25) is 0 Å². The minimum Gasteiger partial charge on any atom is -1.00 e. The minimum absolute atomic E-state index is 0. The molecule has 0 heterocycles. The van der Waals surface area contributed by atoms with Gasteiger partial charge in [0.25, 0.3) is 0 Å². The van der Waals surface area contributed by atoms with Crippen LogP contribution in [-0.2, 0) is 0 Å². The smallest absolute Gasteiger partial charge is 1.00 e. The Morgan fingerprint density at radius 3 is 1.00 bits per heavy atom. The van der Waals surface area contributed by atoms with Crippen LogP contribution in [0.25, 0.3) is 0 Å². The fourth-order valence-electron chi connectivity index (χ4n) is 0. The summed E-state index contributed by atoms with van der Waals surface area (Å²) in [7, 11) is 0. The van der Waals surface area contributed by atoms with E-state index in [1.807, 2.05) is 0 Å². The summed E-state index contributed by atoms with van der Waals surface area (Å²) in [4.78, 5) is 8.33. The molecule has 0 N–H and O–H groups in total. The van der Waals surface area contributed by atoms with Crippen LogP contribution in [0.15, 0.2) is 0 Å². The summed E-state index contributed by atoms with van der Waals surface area (Å²) >= 11 is 0. The van der Waals surface area contributed by atoms with Gasteiger partial charge < -0.3 is 39.8 Å². The first kappa shape index (κ1) is 41.5. The van der Waals surface area contributed by atoms with E-state index in [-0.39, 0.29) is 107 Å². The van der Waals surface area contributed by atoms with Gasteiger partial charge in [0.1, 0.15) is 0 Å². The quantitative estimate of drug-likeness (QED) is 0.366. The fourth-order valence-corrected chi connectivity index (χ4v) is 0. The van der Waals surface area contributed by atoms with E-state index in [4.69, 9.17) is 15.0 Å². The Kier molecular flexibility index (Phi) is 144. The molecule has 0 rings (SSSR count). The maximum atomic E-state index is 8.33. The van der Waals surface area contributed by atoms with E-state index >= 15 is 0 Å². The first-order valence-corrected chi connectivity index (χ1v) is 0.612. The molecule has 0 aliphatic rings. The number of rotatable bonds is 0. The van der Waals surface area contributed by atoms with Crippen molar-refractivity contribution in [3.63, 3.8) is 0 Å². The first-order chi connectivity index (χ1) is 1.73. The Hall–Kier alpha value is 2.62. The molecule has 0 fully saturated rings. The molecule has 0 unspecified atom stereocenters. The van der Waals surface area contributed by atoms with Crippen molar-refractivity contribution < 1.29 is 98.9 Å². The molecule has 8 heteroatoms. The van der Waals surface area contributed by atoms with E-state index in [0.29, 0.717) is 0 Å². The Morgan fingerprint density at radius 2 is 1.00 bits per heavy atom. The summed E-state index contributed by atoms with van der Waals surface area (Å²) < 4.78 is 0. The van der Waals surface area contributed by atoms with Crippen LogP contribution in [0.5, 0.6) is 0 Å². The number of carboxylic acid groups (broad SMARTS) is 2. The molecule has 40 valence electrons. The number of carbonyl (C=O) groups is 1. The molecule has 0 aromatic heterocycles. The number of halogens is 2. The van der Waals surface area contributed by atoms with Crippen LogP contribution < -0.4 is 94.1 Å². The van der Waals surface area contributed by atoms with Crippen molar-refractivity contribution in [2.45, 2.75) is 0 Å². The van der Waals surface area contributed by atoms with Crippen molar-refractivity contribution in [3.05, 3.63) is 0 Å². The topological polar surface area (TPSA) is 63.2 Å². The maximum absolute atomic E-state index is 8.33. The molecule has 0 aromatic rings. The van der Waals surface area contributed by atoms with Crippen LogP contribution in [0, 0.1) is 0 Å². The van der Waals surface area contributed by atoms with E-state index in [0.717, 1.165) is 0 Å². The third-order valence-electron chi connectivity index (χ3n) is 0. The van der Waals surface area contributed by atoms with Gasteiger partial charge >= 0.3 is 82.2 Å². The molecule has 0 aliphatic carbocycles. The first-order valence-electron chi connectivity index (χ1n) is 0.612. The van der Waals surface area contributed by atoms with E-state index in [2.05, 4.69) is 0 Å². The molecule has 0 saturated carbocycles. The van der Waals surface area contributed by atoms with E-state index in [1.54, 1.807) is 0 Å². The van der Waals surface area contributed by atoms with Crippen molar-refractivity contribution in [1.29, 1.82) is 0 Å². The summed E-state index contributed by atoms with van der Waals surface area (Å²) in [5.41, 5.74) is 0. The Balaban J connectivity index is -0.00000000450. The third-order valence-corrected chi connectivity index (χ3v) is 0. The van der Waals surface area contributed by atoms with Gasteiger partial charge in [-0.3, -0.25) is 0 Å². The van der Waals surface area contributed by atoms with Crippen LogP contribution in [0.2, 0.25) is 0 Å². The van der Waals surface area contributed by atoms with Gasteiger partial charge in [-0.15, -0.1) is 0 Å². The van der Waals surface area contributed by atoms with Gasteiger partial charge in [-0.2, -0.15) is 0 Å². The average molecular weight is 201 g/mol. The van der Waals surface area contributed by atoms with Gasteiger partial charge in [0.15, 0.2) is 0 Å². The summed E-state index contributed by atoms with van der Waals surface area (Å²) in [5.74, 6) is 0. The Bertz CT molecular complexity index is 42.8. The fraction of sp³-hybridized carbons (Fsp3) is 0. The molecule has 0 aliphatic heterocycles. The van der Waals surface area contributed by atoms with Crippen molar-refractivity contribution in [2.24, 2.45) is 0 Å². The second kappa shape index (κ2) is 31.1. The molecule has 3 nitrogen and oxygen atoms in total. The predicted octanol–water partition coefficient (Wildman–Crippen LogP) is -14.8. The van der Waals surface area contributed by atoms with Gasteiger partial charge in [-0.05, 0) is 6.16 Å². The molecule has 9 heavy (non-hydrogen) atoms. The molecular weight excluding hydrogens is 201 g/mol. The van der Waals surface area contributed by atoms with Crippen molar-refractivity contribution in [2.75, 3.05) is 0 Å². The standard InChI is InChI=1S/CH2O3.2ClH.Mg.2Na/c2-1(3)4;;;;;/h(H2,2,3,4);2*1H;;;/q;;;+2;2*+1/p-4. The zero-order valence-corrected chi connectivity index (χ0v) is 12.1. The largest absolute Gasteiger partial charge is 2.00 e. The SMILES string of the molecule is O=C([O-])[O-].[Cl-].[Cl-].[Mg+2].[Na+].[Na+]. The molecule has 0 aromatic carbocycles. The second-order valence-electron chi connectivity index (χ2n) is 0.250. The summed E-state index contributed by atoms with van der Waals surface area (Å²) in [6, 6.07) is 0. The Morgan fingerprint density at radius 1 is 1.00 bits per heavy atom. The maximum Gasteiger partial charge on any atom is 2.00 e. The van der Waals surface area contributed by atoms with Crippen LogP contribution >= 0.6 is 0 Å². The van der Waals surface area contributed by atoms with Gasteiger partial charge in [-0.1, -0.05) is 0 Å². The van der Waals surface area contributed by atoms with Crippen LogP contribution in [0.3, 0.4) is 0 Å². The minimum atomic E-state index is -2.33. The molecule has 0 radical (unpaired) electrons. The average Bonchev–Trinajstić information content (AvgIpc) is 0.811. The summed E-state index contributed by atoms with van der Waals surface area (Å²) in [6.45, 7) is 0. The summed E-state index contributed by atoms with van der Waals surface area (Å²) in [6.07, 6.45) is -2.33. The van der Waals surface area contributed by atoms with Gasteiger partial charge in [0.05, 0.1) is 0 Å².